The molecule has 2 atom stereocenters. The highest BCUT2D eigenvalue weighted by molar-refractivity contribution is 5.27. The lowest BCUT2D eigenvalue weighted by molar-refractivity contribution is 0.145. The number of nitrogens with zero attached hydrogens (tertiary/aromatic N) is 1. The zero-order chi connectivity index (χ0) is 16.1. The van der Waals surface area contributed by atoms with Gasteiger partial charge in [0.25, 0.3) is 0 Å². The van der Waals surface area contributed by atoms with E-state index in [9.17, 15) is 9.50 Å². The molecular weight excluding hydrogens is 295 g/mol. The minimum absolute atomic E-state index is 0.249. The van der Waals surface area contributed by atoms with Crippen LogP contribution in [0.1, 0.15) is 29.2 Å². The van der Waals surface area contributed by atoms with Crippen LogP contribution in [-0.4, -0.2) is 16.6 Å². The predicted molar refractivity (Wildman–Crippen MR) is 84.2 cm³/mol. The van der Waals surface area contributed by atoms with Crippen LogP contribution in [0.25, 0.3) is 0 Å². The molecular formula is C18H17FN2O2. The van der Waals surface area contributed by atoms with Crippen molar-refractivity contribution < 1.29 is 13.9 Å². The highest BCUT2D eigenvalue weighted by Gasteiger charge is 2.18. The van der Waals surface area contributed by atoms with Crippen LogP contribution < -0.4 is 5.32 Å². The molecule has 0 aliphatic carbocycles. The van der Waals surface area contributed by atoms with E-state index in [1.54, 1.807) is 18.2 Å². The fourth-order valence-corrected chi connectivity index (χ4v) is 2.41. The SMILES string of the molecule is O[C@H](CN[C@@H](c1ccccc1)c1ccc(F)cn1)c1ccco1. The highest BCUT2D eigenvalue weighted by Crippen LogP contribution is 2.22. The fraction of sp³-hybridized carbons (Fsp3) is 0.167. The zero-order valence-corrected chi connectivity index (χ0v) is 12.4. The maximum atomic E-state index is 13.1. The Morgan fingerprint density at radius 1 is 1.09 bits per heavy atom. The van der Waals surface area contributed by atoms with Crippen LogP contribution >= 0.6 is 0 Å². The van der Waals surface area contributed by atoms with Gasteiger partial charge < -0.3 is 14.8 Å². The number of benzene rings is 1. The second-order valence-electron chi connectivity index (χ2n) is 5.18. The van der Waals surface area contributed by atoms with Crippen molar-refractivity contribution in [2.75, 3.05) is 6.54 Å². The van der Waals surface area contributed by atoms with Crippen LogP contribution in [0, 0.1) is 5.82 Å². The predicted octanol–water partition coefficient (Wildman–Crippen LogP) is 3.23. The first kappa shape index (κ1) is 15.4. The molecule has 4 nitrogen and oxygen atoms in total. The van der Waals surface area contributed by atoms with Gasteiger partial charge in [-0.15, -0.1) is 0 Å². The molecule has 0 unspecified atom stereocenters. The molecule has 2 aromatic heterocycles. The Balaban J connectivity index is 1.79. The molecule has 0 bridgehead atoms. The van der Waals surface area contributed by atoms with Crippen molar-refractivity contribution in [1.82, 2.24) is 10.3 Å². The van der Waals surface area contributed by atoms with Crippen LogP contribution in [0.15, 0.2) is 71.5 Å². The molecule has 0 radical (unpaired) electrons. The van der Waals surface area contributed by atoms with Crippen LogP contribution in [0.3, 0.4) is 0 Å². The number of aliphatic hydroxyl groups is 1. The van der Waals surface area contributed by atoms with Gasteiger partial charge in [0, 0.05) is 6.54 Å². The monoisotopic (exact) mass is 312 g/mol. The van der Waals surface area contributed by atoms with Crippen molar-refractivity contribution in [2.24, 2.45) is 0 Å². The van der Waals surface area contributed by atoms with Gasteiger partial charge in [-0.2, -0.15) is 0 Å². The number of halogens is 1. The molecule has 0 spiro atoms. The van der Waals surface area contributed by atoms with E-state index < -0.39 is 6.10 Å². The number of hydrogen-bond acceptors (Lipinski definition) is 4. The maximum Gasteiger partial charge on any atom is 0.141 e. The standard InChI is InChI=1S/C18H17FN2O2/c19-14-8-9-15(20-11-14)18(13-5-2-1-3-6-13)21-12-16(22)17-7-4-10-23-17/h1-11,16,18,21-22H,12H2/t16-,18+/m1/s1. The number of rotatable bonds is 6. The lowest BCUT2D eigenvalue weighted by Crippen LogP contribution is -2.28. The molecule has 0 saturated carbocycles. The molecule has 0 aliphatic heterocycles. The number of aromatic nitrogens is 1. The number of hydrogen-bond donors (Lipinski definition) is 2. The maximum absolute atomic E-state index is 13.1. The van der Waals surface area contributed by atoms with Crippen LogP contribution in [0.5, 0.6) is 0 Å². The van der Waals surface area contributed by atoms with Crippen molar-refractivity contribution in [1.29, 1.82) is 0 Å². The lowest BCUT2D eigenvalue weighted by atomic mass is 10.0. The van der Waals surface area contributed by atoms with E-state index in [4.69, 9.17) is 4.42 Å². The third kappa shape index (κ3) is 3.83. The molecule has 0 amide bonds. The summed E-state index contributed by atoms with van der Waals surface area (Å²) >= 11 is 0. The van der Waals surface area contributed by atoms with Gasteiger partial charge in [-0.3, -0.25) is 4.98 Å². The smallest absolute Gasteiger partial charge is 0.141 e. The van der Waals surface area contributed by atoms with Gasteiger partial charge in [0.15, 0.2) is 0 Å². The van der Waals surface area contributed by atoms with Crippen molar-refractivity contribution >= 4 is 0 Å². The van der Waals surface area contributed by atoms with E-state index >= 15 is 0 Å². The molecule has 0 fully saturated rings. The summed E-state index contributed by atoms with van der Waals surface area (Å²) in [5, 5.41) is 13.4. The summed E-state index contributed by atoms with van der Waals surface area (Å²) < 4.78 is 18.3. The third-order valence-corrected chi connectivity index (χ3v) is 3.57. The van der Waals surface area contributed by atoms with Crippen LogP contribution in [0.4, 0.5) is 4.39 Å². The van der Waals surface area contributed by atoms with Gasteiger partial charge in [0.1, 0.15) is 17.7 Å². The summed E-state index contributed by atoms with van der Waals surface area (Å²) in [4.78, 5) is 4.15. The summed E-state index contributed by atoms with van der Waals surface area (Å²) in [5.41, 5.74) is 1.67. The quantitative estimate of drug-likeness (QED) is 0.734. The van der Waals surface area contributed by atoms with E-state index in [1.165, 1.54) is 18.5 Å². The minimum atomic E-state index is -0.767. The van der Waals surface area contributed by atoms with E-state index in [-0.39, 0.29) is 18.4 Å². The molecule has 2 N–H and O–H groups in total. The largest absolute Gasteiger partial charge is 0.467 e. The van der Waals surface area contributed by atoms with E-state index in [1.807, 2.05) is 30.3 Å². The normalized spacial score (nSPS) is 13.7. The first-order valence-electron chi connectivity index (χ1n) is 7.35. The van der Waals surface area contributed by atoms with Gasteiger partial charge in [-0.05, 0) is 29.8 Å². The second kappa shape index (κ2) is 7.17. The molecule has 3 rings (SSSR count). The summed E-state index contributed by atoms with van der Waals surface area (Å²) in [6.45, 7) is 0.284. The van der Waals surface area contributed by atoms with Gasteiger partial charge >= 0.3 is 0 Å². The number of furan rings is 1. The fourth-order valence-electron chi connectivity index (χ4n) is 2.41. The van der Waals surface area contributed by atoms with Gasteiger partial charge in [0.2, 0.25) is 0 Å². The Labute approximate surface area is 133 Å². The van der Waals surface area contributed by atoms with E-state index in [0.717, 1.165) is 5.56 Å². The Hall–Kier alpha value is -2.50. The second-order valence-corrected chi connectivity index (χ2v) is 5.18. The first-order valence-corrected chi connectivity index (χ1v) is 7.35. The lowest BCUT2D eigenvalue weighted by Gasteiger charge is -2.20. The van der Waals surface area contributed by atoms with E-state index in [2.05, 4.69) is 10.3 Å². The van der Waals surface area contributed by atoms with Crippen molar-refractivity contribution in [3.63, 3.8) is 0 Å². The Bertz CT molecular complexity index is 715. The van der Waals surface area contributed by atoms with E-state index in [0.29, 0.717) is 11.5 Å². The molecule has 5 heteroatoms. The molecule has 118 valence electrons. The molecule has 3 aromatic rings. The van der Waals surface area contributed by atoms with Crippen LogP contribution in [-0.2, 0) is 0 Å². The average molecular weight is 312 g/mol. The number of pyridine rings is 1. The third-order valence-electron chi connectivity index (χ3n) is 3.57. The topological polar surface area (TPSA) is 58.3 Å². The van der Waals surface area contributed by atoms with Crippen LogP contribution in [0.2, 0.25) is 0 Å². The Morgan fingerprint density at radius 2 is 1.91 bits per heavy atom. The average Bonchev–Trinajstić information content (AvgIpc) is 3.12. The van der Waals surface area contributed by atoms with Gasteiger partial charge in [-0.25, -0.2) is 4.39 Å². The van der Waals surface area contributed by atoms with Crippen molar-refractivity contribution in [3.05, 3.63) is 89.9 Å². The summed E-state index contributed by atoms with van der Waals surface area (Å²) in [6.07, 6.45) is 1.95. The Morgan fingerprint density at radius 3 is 2.57 bits per heavy atom. The first-order chi connectivity index (χ1) is 11.2. The van der Waals surface area contributed by atoms with Gasteiger partial charge in [-0.1, -0.05) is 30.3 Å². The zero-order valence-electron chi connectivity index (χ0n) is 12.4. The highest BCUT2D eigenvalue weighted by atomic mass is 19.1. The van der Waals surface area contributed by atoms with Crippen molar-refractivity contribution in [2.45, 2.75) is 12.1 Å². The number of aliphatic hydroxyl groups excluding tert-OH is 1. The summed E-state index contributed by atoms with van der Waals surface area (Å²) in [5.74, 6) is 0.118. The molecule has 23 heavy (non-hydrogen) atoms. The summed E-state index contributed by atoms with van der Waals surface area (Å²) in [7, 11) is 0. The number of nitrogens with one attached hydrogen (secondary N) is 1. The molecule has 0 saturated heterocycles. The Kier molecular flexibility index (Phi) is 4.80. The molecule has 0 aliphatic rings. The molecule has 1 aromatic carbocycles. The van der Waals surface area contributed by atoms with Crippen molar-refractivity contribution in [3.8, 4) is 0 Å². The summed E-state index contributed by atoms with van der Waals surface area (Å²) in [6, 6.07) is 15.9. The molecule has 2 heterocycles. The minimum Gasteiger partial charge on any atom is -0.467 e. The van der Waals surface area contributed by atoms with Gasteiger partial charge in [0.05, 0.1) is 24.2 Å².